The van der Waals surface area contributed by atoms with Gasteiger partial charge in [0.2, 0.25) is 5.91 Å². The quantitative estimate of drug-likeness (QED) is 0.646. The van der Waals surface area contributed by atoms with Crippen molar-refractivity contribution in [3.05, 3.63) is 58.1 Å². The van der Waals surface area contributed by atoms with Crippen molar-refractivity contribution < 1.29 is 9.59 Å². The van der Waals surface area contributed by atoms with Gasteiger partial charge in [-0.05, 0) is 50.3 Å². The van der Waals surface area contributed by atoms with Gasteiger partial charge in [-0.15, -0.1) is 0 Å². The molecule has 1 saturated heterocycles. The van der Waals surface area contributed by atoms with Crippen molar-refractivity contribution in [2.75, 3.05) is 36.4 Å². The highest BCUT2D eigenvalue weighted by molar-refractivity contribution is 7.80. The van der Waals surface area contributed by atoms with E-state index in [1.54, 1.807) is 0 Å². The molecule has 2 amide bonds. The summed E-state index contributed by atoms with van der Waals surface area (Å²) in [6.07, 6.45) is 0. The highest BCUT2D eigenvalue weighted by atomic mass is 35.5. The number of benzene rings is 2. The molecular formula is C24H29ClN4O2S. The monoisotopic (exact) mass is 472 g/mol. The van der Waals surface area contributed by atoms with Gasteiger partial charge in [0.25, 0.3) is 5.91 Å². The first-order valence-corrected chi connectivity index (χ1v) is 11.5. The second kappa shape index (κ2) is 10.3. The normalized spacial score (nSPS) is 13.8. The Morgan fingerprint density at radius 3 is 2.25 bits per heavy atom. The SMILES string of the molecule is Cc1cc(C)cc(C(=O)NC(=S)Nc2cccc(Cl)c2N2CCN(C(=O)C(C)C)CC2)c1. The van der Waals surface area contributed by atoms with Gasteiger partial charge in [-0.25, -0.2) is 0 Å². The van der Waals surface area contributed by atoms with E-state index < -0.39 is 0 Å². The Bertz CT molecular complexity index is 1010. The van der Waals surface area contributed by atoms with Crippen LogP contribution < -0.4 is 15.5 Å². The van der Waals surface area contributed by atoms with Gasteiger partial charge in [-0.1, -0.05) is 48.7 Å². The number of anilines is 2. The lowest BCUT2D eigenvalue weighted by atomic mass is 10.1. The second-order valence-corrected chi connectivity index (χ2v) is 9.20. The lowest BCUT2D eigenvalue weighted by molar-refractivity contribution is -0.134. The average Bonchev–Trinajstić information content (AvgIpc) is 2.72. The number of nitrogens with one attached hydrogen (secondary N) is 2. The summed E-state index contributed by atoms with van der Waals surface area (Å²) in [7, 11) is 0. The fraction of sp³-hybridized carbons (Fsp3) is 0.375. The molecule has 1 aliphatic heterocycles. The molecule has 6 nitrogen and oxygen atoms in total. The Kier molecular flexibility index (Phi) is 7.74. The van der Waals surface area contributed by atoms with Crippen LogP contribution in [0.1, 0.15) is 35.3 Å². The van der Waals surface area contributed by atoms with Crippen LogP contribution in [-0.2, 0) is 4.79 Å². The number of rotatable bonds is 4. The molecule has 0 spiro atoms. The van der Waals surface area contributed by atoms with Crippen LogP contribution in [0.3, 0.4) is 0 Å². The van der Waals surface area contributed by atoms with E-state index in [-0.39, 0.29) is 22.8 Å². The summed E-state index contributed by atoms with van der Waals surface area (Å²) in [5, 5.41) is 6.66. The predicted molar refractivity (Wildman–Crippen MR) is 135 cm³/mol. The maximum Gasteiger partial charge on any atom is 0.257 e. The molecule has 0 bridgehead atoms. The fourth-order valence-electron chi connectivity index (χ4n) is 3.89. The van der Waals surface area contributed by atoms with E-state index in [1.165, 1.54) is 0 Å². The number of piperazine rings is 1. The van der Waals surface area contributed by atoms with Crippen LogP contribution in [0.5, 0.6) is 0 Å². The number of amides is 2. The lowest BCUT2D eigenvalue weighted by Crippen LogP contribution is -2.50. The van der Waals surface area contributed by atoms with E-state index in [4.69, 9.17) is 23.8 Å². The average molecular weight is 473 g/mol. The minimum Gasteiger partial charge on any atom is -0.365 e. The van der Waals surface area contributed by atoms with Crippen molar-refractivity contribution >= 4 is 52.1 Å². The summed E-state index contributed by atoms with van der Waals surface area (Å²) in [5.41, 5.74) is 4.12. The van der Waals surface area contributed by atoms with Gasteiger partial charge in [-0.3, -0.25) is 14.9 Å². The molecular weight excluding hydrogens is 444 g/mol. The number of aryl methyl sites for hydroxylation is 2. The molecule has 170 valence electrons. The maximum absolute atomic E-state index is 12.6. The first-order chi connectivity index (χ1) is 15.2. The number of thiocarbonyl (C=S) groups is 1. The minimum atomic E-state index is -0.265. The number of nitrogens with zero attached hydrogens (tertiary/aromatic N) is 2. The Morgan fingerprint density at radius 2 is 1.66 bits per heavy atom. The molecule has 3 rings (SSSR count). The fourth-order valence-corrected chi connectivity index (χ4v) is 4.38. The summed E-state index contributed by atoms with van der Waals surface area (Å²) >= 11 is 11.9. The van der Waals surface area contributed by atoms with Crippen LogP contribution in [0, 0.1) is 19.8 Å². The minimum absolute atomic E-state index is 0.0164. The van der Waals surface area contributed by atoms with Crippen LogP contribution >= 0.6 is 23.8 Å². The van der Waals surface area contributed by atoms with Crippen LogP contribution in [0.25, 0.3) is 0 Å². The summed E-state index contributed by atoms with van der Waals surface area (Å²) in [4.78, 5) is 29.0. The molecule has 1 heterocycles. The second-order valence-electron chi connectivity index (χ2n) is 8.39. The van der Waals surface area contributed by atoms with Gasteiger partial charge in [-0.2, -0.15) is 0 Å². The molecule has 0 atom stereocenters. The summed E-state index contributed by atoms with van der Waals surface area (Å²) in [6.45, 7) is 10.3. The highest BCUT2D eigenvalue weighted by Gasteiger charge is 2.25. The zero-order valence-electron chi connectivity index (χ0n) is 18.9. The van der Waals surface area contributed by atoms with E-state index >= 15 is 0 Å². The Labute approximate surface area is 199 Å². The van der Waals surface area contributed by atoms with Gasteiger partial charge in [0, 0.05) is 37.7 Å². The predicted octanol–water partition coefficient (Wildman–Crippen LogP) is 4.39. The van der Waals surface area contributed by atoms with Crippen molar-refractivity contribution in [2.45, 2.75) is 27.7 Å². The summed E-state index contributed by atoms with van der Waals surface area (Å²) in [6, 6.07) is 11.2. The van der Waals surface area contributed by atoms with Crippen LogP contribution in [-0.4, -0.2) is 48.0 Å². The molecule has 8 heteroatoms. The third kappa shape index (κ3) is 5.78. The zero-order valence-corrected chi connectivity index (χ0v) is 20.4. The van der Waals surface area contributed by atoms with Crippen molar-refractivity contribution in [1.82, 2.24) is 10.2 Å². The maximum atomic E-state index is 12.6. The molecule has 0 saturated carbocycles. The molecule has 1 fully saturated rings. The molecule has 0 aromatic heterocycles. The molecule has 0 unspecified atom stereocenters. The Morgan fingerprint density at radius 1 is 1.03 bits per heavy atom. The Hall–Kier alpha value is -2.64. The van der Waals surface area contributed by atoms with Crippen molar-refractivity contribution in [3.8, 4) is 0 Å². The molecule has 0 radical (unpaired) electrons. The number of carbonyl (C=O) groups is 2. The van der Waals surface area contributed by atoms with Crippen molar-refractivity contribution in [2.24, 2.45) is 5.92 Å². The third-order valence-corrected chi connectivity index (χ3v) is 5.86. The number of hydrogen-bond donors (Lipinski definition) is 2. The van der Waals surface area contributed by atoms with Gasteiger partial charge >= 0.3 is 0 Å². The number of para-hydroxylation sites is 1. The first-order valence-electron chi connectivity index (χ1n) is 10.7. The standard InChI is InChI=1S/C24H29ClN4O2S/c1-15(2)23(31)29-10-8-28(9-11-29)21-19(25)6-5-7-20(21)26-24(32)27-22(30)18-13-16(3)12-17(4)14-18/h5-7,12-15H,8-11H2,1-4H3,(H2,26,27,30,32). The highest BCUT2D eigenvalue weighted by Crippen LogP contribution is 2.34. The van der Waals surface area contributed by atoms with E-state index in [2.05, 4.69) is 15.5 Å². The summed E-state index contributed by atoms with van der Waals surface area (Å²) in [5.74, 6) is -0.117. The zero-order chi connectivity index (χ0) is 23.4. The van der Waals surface area contributed by atoms with Gasteiger partial charge in [0.15, 0.2) is 5.11 Å². The van der Waals surface area contributed by atoms with Crippen molar-refractivity contribution in [3.63, 3.8) is 0 Å². The molecule has 0 aliphatic carbocycles. The van der Waals surface area contributed by atoms with E-state index in [0.29, 0.717) is 42.5 Å². The molecule has 1 aliphatic rings. The number of hydrogen-bond acceptors (Lipinski definition) is 4. The van der Waals surface area contributed by atoms with Gasteiger partial charge in [0.05, 0.1) is 16.4 Å². The first kappa shape index (κ1) is 24.0. The van der Waals surface area contributed by atoms with E-state index in [0.717, 1.165) is 16.8 Å². The largest absolute Gasteiger partial charge is 0.365 e. The van der Waals surface area contributed by atoms with Crippen LogP contribution in [0.15, 0.2) is 36.4 Å². The van der Waals surface area contributed by atoms with Crippen molar-refractivity contribution in [1.29, 1.82) is 0 Å². The van der Waals surface area contributed by atoms with Gasteiger partial charge < -0.3 is 15.1 Å². The molecule has 2 aromatic carbocycles. The van der Waals surface area contributed by atoms with Crippen LogP contribution in [0.4, 0.5) is 11.4 Å². The molecule has 32 heavy (non-hydrogen) atoms. The topological polar surface area (TPSA) is 64.7 Å². The van der Waals surface area contributed by atoms with Gasteiger partial charge in [0.1, 0.15) is 0 Å². The van der Waals surface area contributed by atoms with E-state index in [1.807, 2.05) is 69.0 Å². The Balaban J connectivity index is 1.70. The number of carbonyl (C=O) groups excluding carboxylic acids is 2. The lowest BCUT2D eigenvalue weighted by Gasteiger charge is -2.38. The number of halogens is 1. The molecule has 2 aromatic rings. The third-order valence-electron chi connectivity index (χ3n) is 5.35. The molecule has 2 N–H and O–H groups in total. The van der Waals surface area contributed by atoms with Crippen LogP contribution in [0.2, 0.25) is 5.02 Å². The smallest absolute Gasteiger partial charge is 0.257 e. The van der Waals surface area contributed by atoms with E-state index in [9.17, 15) is 9.59 Å². The summed E-state index contributed by atoms with van der Waals surface area (Å²) < 4.78 is 0.